The highest BCUT2D eigenvalue weighted by Crippen LogP contribution is 2.57. The second-order valence-electron chi connectivity index (χ2n) is 6.35. The van der Waals surface area contributed by atoms with Crippen molar-refractivity contribution in [3.05, 3.63) is 35.4 Å². The highest BCUT2D eigenvalue weighted by Gasteiger charge is 2.50. The van der Waals surface area contributed by atoms with Crippen LogP contribution in [0.3, 0.4) is 0 Å². The minimum absolute atomic E-state index is 0.0563. The van der Waals surface area contributed by atoms with Crippen LogP contribution in [0.25, 0.3) is 0 Å². The van der Waals surface area contributed by atoms with Crippen LogP contribution in [0.15, 0.2) is 18.2 Å². The molecular formula is C16H21F2N. The Morgan fingerprint density at radius 1 is 1.26 bits per heavy atom. The van der Waals surface area contributed by atoms with Crippen molar-refractivity contribution in [3.63, 3.8) is 0 Å². The number of hydrogen-bond acceptors (Lipinski definition) is 1. The number of benzene rings is 1. The highest BCUT2D eigenvalue weighted by molar-refractivity contribution is 5.23. The second-order valence-corrected chi connectivity index (χ2v) is 6.35. The smallest absolute Gasteiger partial charge is 0.129 e. The molecule has 19 heavy (non-hydrogen) atoms. The standard InChI is InChI=1S/C16H21F2N/c1-19-10-16(8-11-5-6-12(16)7-11)9-13-14(17)3-2-4-15(13)18/h2-4,11-12,19H,5-10H2,1H3. The Balaban J connectivity index is 1.90. The first-order valence-corrected chi connectivity index (χ1v) is 7.22. The zero-order chi connectivity index (χ0) is 13.5. The van der Waals surface area contributed by atoms with Crippen molar-refractivity contribution in [1.29, 1.82) is 0 Å². The molecular weight excluding hydrogens is 244 g/mol. The van der Waals surface area contributed by atoms with Gasteiger partial charge < -0.3 is 5.32 Å². The van der Waals surface area contributed by atoms with E-state index in [1.807, 2.05) is 7.05 Å². The van der Waals surface area contributed by atoms with Gasteiger partial charge in [-0.05, 0) is 62.1 Å². The summed E-state index contributed by atoms with van der Waals surface area (Å²) >= 11 is 0. The van der Waals surface area contributed by atoms with Crippen LogP contribution in [0.5, 0.6) is 0 Å². The van der Waals surface area contributed by atoms with Gasteiger partial charge in [0.1, 0.15) is 11.6 Å². The van der Waals surface area contributed by atoms with Gasteiger partial charge in [0.05, 0.1) is 0 Å². The molecule has 0 aliphatic heterocycles. The van der Waals surface area contributed by atoms with E-state index in [4.69, 9.17) is 0 Å². The van der Waals surface area contributed by atoms with E-state index in [0.29, 0.717) is 12.3 Å². The molecule has 2 bridgehead atoms. The average molecular weight is 265 g/mol. The first-order chi connectivity index (χ1) is 9.14. The van der Waals surface area contributed by atoms with Crippen molar-refractivity contribution >= 4 is 0 Å². The third-order valence-corrected chi connectivity index (χ3v) is 5.22. The van der Waals surface area contributed by atoms with Crippen LogP contribution < -0.4 is 5.32 Å². The molecule has 3 atom stereocenters. The molecule has 3 heteroatoms. The maximum atomic E-state index is 13.9. The van der Waals surface area contributed by atoms with E-state index in [9.17, 15) is 8.78 Å². The minimum atomic E-state index is -0.391. The molecule has 0 radical (unpaired) electrons. The van der Waals surface area contributed by atoms with Crippen molar-refractivity contribution < 1.29 is 8.78 Å². The van der Waals surface area contributed by atoms with Crippen molar-refractivity contribution in [3.8, 4) is 0 Å². The second kappa shape index (κ2) is 4.86. The van der Waals surface area contributed by atoms with Crippen LogP contribution in [-0.4, -0.2) is 13.6 Å². The third kappa shape index (κ3) is 2.18. The summed E-state index contributed by atoms with van der Waals surface area (Å²) in [4.78, 5) is 0. The third-order valence-electron chi connectivity index (χ3n) is 5.22. The Morgan fingerprint density at radius 3 is 2.53 bits per heavy atom. The summed E-state index contributed by atoms with van der Waals surface area (Å²) in [6, 6.07) is 4.19. The molecule has 0 saturated heterocycles. The summed E-state index contributed by atoms with van der Waals surface area (Å²) in [7, 11) is 1.94. The van der Waals surface area contributed by atoms with Gasteiger partial charge in [0.15, 0.2) is 0 Å². The topological polar surface area (TPSA) is 12.0 Å². The first-order valence-electron chi connectivity index (χ1n) is 7.22. The van der Waals surface area contributed by atoms with Gasteiger partial charge in [0, 0.05) is 12.1 Å². The summed E-state index contributed by atoms with van der Waals surface area (Å²) in [6.45, 7) is 0.863. The highest BCUT2D eigenvalue weighted by atomic mass is 19.1. The molecule has 2 saturated carbocycles. The molecule has 2 aliphatic rings. The molecule has 3 unspecified atom stereocenters. The molecule has 2 aliphatic carbocycles. The van der Waals surface area contributed by atoms with Crippen LogP contribution in [0.1, 0.15) is 31.2 Å². The fourth-order valence-corrected chi connectivity index (χ4v) is 4.46. The molecule has 0 aromatic heterocycles. The molecule has 2 fully saturated rings. The van der Waals surface area contributed by atoms with Crippen LogP contribution in [0.4, 0.5) is 8.78 Å². The first kappa shape index (κ1) is 13.0. The Labute approximate surface area is 113 Å². The zero-order valence-corrected chi connectivity index (χ0v) is 11.4. The lowest BCUT2D eigenvalue weighted by Gasteiger charge is -2.38. The molecule has 3 rings (SSSR count). The fourth-order valence-electron chi connectivity index (χ4n) is 4.46. The minimum Gasteiger partial charge on any atom is -0.319 e. The van der Waals surface area contributed by atoms with Crippen LogP contribution in [0, 0.1) is 28.9 Å². The molecule has 0 heterocycles. The molecule has 1 aromatic rings. The van der Waals surface area contributed by atoms with Crippen LogP contribution in [-0.2, 0) is 6.42 Å². The van der Waals surface area contributed by atoms with Gasteiger partial charge in [0.25, 0.3) is 0 Å². The largest absolute Gasteiger partial charge is 0.319 e. The quantitative estimate of drug-likeness (QED) is 0.878. The monoisotopic (exact) mass is 265 g/mol. The number of hydrogen-bond donors (Lipinski definition) is 1. The Morgan fingerprint density at radius 2 is 2.00 bits per heavy atom. The molecule has 104 valence electrons. The van der Waals surface area contributed by atoms with Gasteiger partial charge in [-0.3, -0.25) is 0 Å². The maximum Gasteiger partial charge on any atom is 0.129 e. The Hall–Kier alpha value is -0.960. The summed E-state index contributed by atoms with van der Waals surface area (Å²) in [5.41, 5.74) is 0.339. The molecule has 1 N–H and O–H groups in total. The Bertz CT molecular complexity index is 454. The lowest BCUT2D eigenvalue weighted by molar-refractivity contribution is 0.156. The molecule has 0 amide bonds. The van der Waals surface area contributed by atoms with E-state index in [1.54, 1.807) is 0 Å². The predicted molar refractivity (Wildman–Crippen MR) is 71.9 cm³/mol. The van der Waals surface area contributed by atoms with E-state index in [-0.39, 0.29) is 11.0 Å². The van der Waals surface area contributed by atoms with Crippen molar-refractivity contribution in [1.82, 2.24) is 5.32 Å². The average Bonchev–Trinajstić information content (AvgIpc) is 2.95. The van der Waals surface area contributed by atoms with E-state index in [2.05, 4.69) is 5.32 Å². The van der Waals surface area contributed by atoms with Gasteiger partial charge in [-0.2, -0.15) is 0 Å². The Kier molecular flexibility index (Phi) is 3.34. The predicted octanol–water partition coefficient (Wildman–Crippen LogP) is 3.53. The van der Waals surface area contributed by atoms with E-state index in [0.717, 1.165) is 18.9 Å². The van der Waals surface area contributed by atoms with Gasteiger partial charge in [-0.15, -0.1) is 0 Å². The SMILES string of the molecule is CNCC1(Cc2c(F)cccc2F)CC2CCC1C2. The van der Waals surface area contributed by atoms with Gasteiger partial charge in [-0.1, -0.05) is 12.5 Å². The van der Waals surface area contributed by atoms with Gasteiger partial charge in [-0.25, -0.2) is 8.78 Å². The lowest BCUT2D eigenvalue weighted by Crippen LogP contribution is -2.39. The van der Waals surface area contributed by atoms with Crippen molar-refractivity contribution in [2.24, 2.45) is 17.3 Å². The summed E-state index contributed by atoms with van der Waals surface area (Å²) < 4.78 is 27.8. The number of fused-ring (bicyclic) bond motifs is 2. The number of halogens is 2. The van der Waals surface area contributed by atoms with Crippen LogP contribution >= 0.6 is 0 Å². The zero-order valence-electron chi connectivity index (χ0n) is 11.4. The molecule has 1 aromatic carbocycles. The summed E-state index contributed by atoms with van der Waals surface area (Å²) in [6.07, 6.45) is 5.43. The normalized spacial score (nSPS) is 33.0. The summed E-state index contributed by atoms with van der Waals surface area (Å²) in [5, 5.41) is 3.25. The van der Waals surface area contributed by atoms with E-state index < -0.39 is 11.6 Å². The van der Waals surface area contributed by atoms with Crippen molar-refractivity contribution in [2.75, 3.05) is 13.6 Å². The summed E-state index contributed by atoms with van der Waals surface area (Å²) in [5.74, 6) is 0.619. The number of rotatable bonds is 4. The fraction of sp³-hybridized carbons (Fsp3) is 0.625. The van der Waals surface area contributed by atoms with Gasteiger partial charge in [0.2, 0.25) is 0 Å². The maximum absolute atomic E-state index is 13.9. The van der Waals surface area contributed by atoms with Crippen LogP contribution in [0.2, 0.25) is 0 Å². The van der Waals surface area contributed by atoms with Gasteiger partial charge >= 0.3 is 0 Å². The lowest BCUT2D eigenvalue weighted by atomic mass is 9.69. The van der Waals surface area contributed by atoms with E-state index >= 15 is 0 Å². The van der Waals surface area contributed by atoms with Crippen molar-refractivity contribution in [2.45, 2.75) is 32.1 Å². The molecule has 1 nitrogen and oxygen atoms in total. The van der Waals surface area contributed by atoms with E-state index in [1.165, 1.54) is 37.5 Å². The number of nitrogens with one attached hydrogen (secondary N) is 1. The molecule has 0 spiro atoms.